The molecule has 0 bridgehead atoms. The average Bonchev–Trinajstić information content (AvgIpc) is 2.04. The van der Waals surface area contributed by atoms with E-state index < -0.39 is 34.1 Å². The van der Waals surface area contributed by atoms with Crippen LogP contribution in [0.3, 0.4) is 0 Å². The van der Waals surface area contributed by atoms with Crippen molar-refractivity contribution in [1.82, 2.24) is 0 Å². The van der Waals surface area contributed by atoms with Crippen molar-refractivity contribution in [1.29, 1.82) is 0 Å². The Morgan fingerprint density at radius 1 is 0.875 bits per heavy atom. The molecular formula is C9H4ClF6. The quantitative estimate of drug-likeness (QED) is 0.601. The number of hydrogen-bond acceptors (Lipinski definition) is 0. The van der Waals surface area contributed by atoms with Gasteiger partial charge in [0.2, 0.25) is 0 Å². The highest BCUT2D eigenvalue weighted by Crippen LogP contribution is 2.42. The van der Waals surface area contributed by atoms with Crippen molar-refractivity contribution in [3.63, 3.8) is 0 Å². The van der Waals surface area contributed by atoms with Crippen LogP contribution in [-0.2, 0) is 12.4 Å². The molecule has 0 saturated carbocycles. The highest BCUT2D eigenvalue weighted by molar-refractivity contribution is 6.32. The Labute approximate surface area is 91.8 Å². The molecule has 1 aromatic rings. The molecule has 0 amide bonds. The summed E-state index contributed by atoms with van der Waals surface area (Å²) < 4.78 is 73.9. The van der Waals surface area contributed by atoms with Gasteiger partial charge in [0.15, 0.2) is 0 Å². The highest BCUT2D eigenvalue weighted by atomic mass is 35.5. The Kier molecular flexibility index (Phi) is 3.15. The predicted octanol–water partition coefficient (Wildman–Crippen LogP) is 4.56. The molecule has 0 unspecified atom stereocenters. The van der Waals surface area contributed by atoms with E-state index in [1.54, 1.807) is 0 Å². The van der Waals surface area contributed by atoms with Crippen molar-refractivity contribution in [2.45, 2.75) is 12.4 Å². The molecular weight excluding hydrogens is 258 g/mol. The SMILES string of the molecule is [CH2]c1cc(C(F)(F)F)c(Cl)c(C(F)(F)F)c1. The zero-order chi connectivity index (χ0) is 12.7. The smallest absolute Gasteiger partial charge is 0.166 e. The lowest BCUT2D eigenvalue weighted by Crippen LogP contribution is -2.13. The minimum Gasteiger partial charge on any atom is -0.166 e. The number of hydrogen-bond donors (Lipinski definition) is 0. The van der Waals surface area contributed by atoms with Crippen LogP contribution >= 0.6 is 11.6 Å². The van der Waals surface area contributed by atoms with Gasteiger partial charge in [0.25, 0.3) is 0 Å². The predicted molar refractivity (Wildman–Crippen MR) is 45.9 cm³/mol. The number of rotatable bonds is 0. The van der Waals surface area contributed by atoms with E-state index in [9.17, 15) is 26.3 Å². The summed E-state index contributed by atoms with van der Waals surface area (Å²) in [5.41, 5.74) is -3.47. The fraction of sp³-hybridized carbons (Fsp3) is 0.222. The van der Waals surface area contributed by atoms with E-state index >= 15 is 0 Å². The van der Waals surface area contributed by atoms with Crippen LogP contribution in [0, 0.1) is 6.92 Å². The van der Waals surface area contributed by atoms with Gasteiger partial charge >= 0.3 is 12.4 Å². The van der Waals surface area contributed by atoms with E-state index in [4.69, 9.17) is 11.6 Å². The van der Waals surface area contributed by atoms with Crippen LogP contribution in [0.5, 0.6) is 0 Å². The number of halogens is 7. The Hall–Kier alpha value is -0.910. The molecule has 0 atom stereocenters. The normalized spacial score (nSPS) is 13.0. The van der Waals surface area contributed by atoms with Crippen LogP contribution in [-0.4, -0.2) is 0 Å². The maximum atomic E-state index is 12.3. The molecule has 0 aliphatic carbocycles. The molecule has 89 valence electrons. The summed E-state index contributed by atoms with van der Waals surface area (Å²) in [4.78, 5) is 0. The van der Waals surface area contributed by atoms with Crippen LogP contribution in [0.25, 0.3) is 0 Å². The van der Waals surface area contributed by atoms with Crippen molar-refractivity contribution < 1.29 is 26.3 Å². The van der Waals surface area contributed by atoms with Crippen molar-refractivity contribution in [3.05, 3.63) is 40.8 Å². The van der Waals surface area contributed by atoms with E-state index in [1.807, 2.05) is 0 Å². The minimum absolute atomic E-state index is 0.399. The molecule has 0 spiro atoms. The van der Waals surface area contributed by atoms with Gasteiger partial charge < -0.3 is 0 Å². The maximum absolute atomic E-state index is 12.3. The topological polar surface area (TPSA) is 0 Å². The zero-order valence-electron chi connectivity index (χ0n) is 7.51. The van der Waals surface area contributed by atoms with E-state index in [2.05, 4.69) is 6.92 Å². The Bertz CT molecular complexity index is 368. The maximum Gasteiger partial charge on any atom is 0.417 e. The highest BCUT2D eigenvalue weighted by Gasteiger charge is 2.40. The summed E-state index contributed by atoms with van der Waals surface area (Å²) in [6.45, 7) is 3.05. The van der Waals surface area contributed by atoms with Crippen molar-refractivity contribution in [3.8, 4) is 0 Å². The summed E-state index contributed by atoms with van der Waals surface area (Å²) in [6.07, 6.45) is -9.88. The first-order chi connectivity index (χ1) is 7.03. The van der Waals surface area contributed by atoms with Gasteiger partial charge in [-0.2, -0.15) is 26.3 Å². The fourth-order valence-corrected chi connectivity index (χ4v) is 1.42. The summed E-state index contributed by atoms with van der Waals surface area (Å²) in [5, 5.41) is -1.35. The van der Waals surface area contributed by atoms with Crippen molar-refractivity contribution in [2.75, 3.05) is 0 Å². The summed E-state index contributed by atoms with van der Waals surface area (Å²) in [5.74, 6) is 0. The Balaban J connectivity index is 3.51. The Morgan fingerprint density at radius 3 is 1.44 bits per heavy atom. The summed E-state index contributed by atoms with van der Waals surface area (Å²) in [7, 11) is 0. The van der Waals surface area contributed by atoms with Crippen molar-refractivity contribution in [2.24, 2.45) is 0 Å². The van der Waals surface area contributed by atoms with Crippen molar-refractivity contribution >= 4 is 11.6 Å². The molecule has 0 N–H and O–H groups in total. The van der Waals surface area contributed by atoms with Gasteiger partial charge in [0, 0.05) is 0 Å². The van der Waals surface area contributed by atoms with Gasteiger partial charge in [-0.05, 0) is 24.6 Å². The molecule has 0 heterocycles. The first-order valence-corrected chi connectivity index (χ1v) is 4.21. The fourth-order valence-electron chi connectivity index (χ4n) is 1.10. The second-order valence-electron chi connectivity index (χ2n) is 3.00. The van der Waals surface area contributed by atoms with Gasteiger partial charge in [-0.15, -0.1) is 0 Å². The summed E-state index contributed by atoms with van der Waals surface area (Å²) in [6, 6.07) is 0.940. The lowest BCUT2D eigenvalue weighted by atomic mass is 10.1. The molecule has 0 aliphatic heterocycles. The van der Waals surface area contributed by atoms with Gasteiger partial charge in [-0.1, -0.05) is 11.6 Å². The van der Waals surface area contributed by atoms with Gasteiger partial charge in [-0.25, -0.2) is 0 Å². The first-order valence-electron chi connectivity index (χ1n) is 3.83. The van der Waals surface area contributed by atoms with E-state index in [-0.39, 0.29) is 0 Å². The van der Waals surface area contributed by atoms with Crippen LogP contribution in [0.1, 0.15) is 16.7 Å². The lowest BCUT2D eigenvalue weighted by Gasteiger charge is -2.15. The second-order valence-corrected chi connectivity index (χ2v) is 3.38. The standard InChI is InChI=1S/C9H4ClF6/c1-4-2-5(8(11,12)13)7(10)6(3-4)9(14,15)16/h2-3H,1H2. The van der Waals surface area contributed by atoms with Gasteiger partial charge in [0.1, 0.15) is 0 Å². The largest absolute Gasteiger partial charge is 0.417 e. The zero-order valence-corrected chi connectivity index (χ0v) is 8.26. The molecule has 16 heavy (non-hydrogen) atoms. The van der Waals surface area contributed by atoms with E-state index in [0.29, 0.717) is 12.1 Å². The lowest BCUT2D eigenvalue weighted by molar-refractivity contribution is -0.142. The second kappa shape index (κ2) is 3.84. The van der Waals surface area contributed by atoms with Crippen LogP contribution in [0.4, 0.5) is 26.3 Å². The van der Waals surface area contributed by atoms with Gasteiger partial charge in [-0.3, -0.25) is 0 Å². The summed E-state index contributed by atoms with van der Waals surface area (Å²) >= 11 is 5.08. The number of benzene rings is 1. The van der Waals surface area contributed by atoms with Crippen LogP contribution < -0.4 is 0 Å². The average molecular weight is 262 g/mol. The third kappa shape index (κ3) is 2.61. The molecule has 0 nitrogen and oxygen atoms in total. The van der Waals surface area contributed by atoms with Gasteiger partial charge in [0.05, 0.1) is 16.1 Å². The minimum atomic E-state index is -4.94. The number of alkyl halides is 6. The molecule has 7 heteroatoms. The molecule has 1 aromatic carbocycles. The molecule has 0 aliphatic rings. The monoisotopic (exact) mass is 261 g/mol. The van der Waals surface area contributed by atoms with E-state index in [0.717, 1.165) is 0 Å². The van der Waals surface area contributed by atoms with E-state index in [1.165, 1.54) is 0 Å². The molecule has 0 aromatic heterocycles. The van der Waals surface area contributed by atoms with Crippen LogP contribution in [0.2, 0.25) is 5.02 Å². The molecule has 1 radical (unpaired) electrons. The third-order valence-electron chi connectivity index (χ3n) is 1.74. The molecule has 1 rings (SSSR count). The van der Waals surface area contributed by atoms with Crippen LogP contribution in [0.15, 0.2) is 12.1 Å². The Morgan fingerprint density at radius 2 is 1.19 bits per heavy atom. The molecule has 0 saturated heterocycles. The first kappa shape index (κ1) is 13.2. The molecule has 0 fully saturated rings. The third-order valence-corrected chi connectivity index (χ3v) is 2.15.